The van der Waals surface area contributed by atoms with Crippen LogP contribution in [0.15, 0.2) is 178 Å². The van der Waals surface area contributed by atoms with Crippen LogP contribution in [0.1, 0.15) is 0 Å². The van der Waals surface area contributed by atoms with Crippen LogP contribution in [-0.2, 0) is 0 Å². The van der Waals surface area contributed by atoms with E-state index < -0.39 is 0 Å². The minimum Gasteiger partial charge on any atom is -0.151 e. The van der Waals surface area contributed by atoms with Crippen molar-refractivity contribution in [2.45, 2.75) is 0 Å². The highest BCUT2D eigenvalue weighted by Crippen LogP contribution is 2.17. The monoisotopic (exact) mass is 442 g/mol. The predicted octanol–water partition coefficient (Wildman–Crippen LogP) is 9.89. The first-order valence-corrected chi connectivity index (χ1v) is 10.9. The lowest BCUT2D eigenvalue weighted by Crippen LogP contribution is -1.62. The molecule has 5 aromatic rings. The second-order valence-electron chi connectivity index (χ2n) is 6.90. The summed E-state index contributed by atoms with van der Waals surface area (Å²) in [6.45, 7) is 0. The van der Waals surface area contributed by atoms with E-state index in [1.165, 1.54) is 0 Å². The molecule has 0 radical (unpaired) electrons. The third-order valence-electron chi connectivity index (χ3n) is 4.25. The highest BCUT2D eigenvalue weighted by Gasteiger charge is 1.87. The molecule has 0 amide bonds. The fourth-order valence-corrected chi connectivity index (χ4v) is 2.59. The van der Waals surface area contributed by atoms with Crippen LogP contribution in [0.25, 0.3) is 0 Å². The topological polar surface area (TPSA) is 49.4 Å². The summed E-state index contributed by atoms with van der Waals surface area (Å²) in [7, 11) is 0. The van der Waals surface area contributed by atoms with Crippen molar-refractivity contribution in [3.8, 4) is 0 Å². The molecule has 0 atom stereocenters. The highest BCUT2D eigenvalue weighted by atomic mass is 15.1. The van der Waals surface area contributed by atoms with Crippen LogP contribution in [-0.4, -0.2) is 0 Å². The minimum atomic E-state index is 0.872. The van der Waals surface area contributed by atoms with Gasteiger partial charge in [0, 0.05) is 0 Å². The van der Waals surface area contributed by atoms with Gasteiger partial charge in [0.2, 0.25) is 0 Å². The fourth-order valence-electron chi connectivity index (χ4n) is 2.59. The van der Waals surface area contributed by atoms with Gasteiger partial charge in [-0.15, -0.1) is 0 Å². The first kappa shape index (κ1) is 24.0. The van der Waals surface area contributed by atoms with Crippen LogP contribution >= 0.6 is 0 Å². The van der Waals surface area contributed by atoms with Gasteiger partial charge in [-0.3, -0.25) is 0 Å². The number of nitrogens with zero attached hydrogens (tertiary/aromatic N) is 4. The Balaban J connectivity index is 0.000000154. The van der Waals surface area contributed by atoms with Crippen molar-refractivity contribution in [2.75, 3.05) is 0 Å². The second-order valence-corrected chi connectivity index (χ2v) is 6.90. The maximum atomic E-state index is 4.10. The van der Waals surface area contributed by atoms with E-state index in [1.54, 1.807) is 0 Å². The van der Waals surface area contributed by atoms with Crippen molar-refractivity contribution in [3.05, 3.63) is 158 Å². The Morgan fingerprint density at radius 1 is 0.206 bits per heavy atom. The van der Waals surface area contributed by atoms with Gasteiger partial charge in [0.15, 0.2) is 0 Å². The van der Waals surface area contributed by atoms with Gasteiger partial charge >= 0.3 is 0 Å². The quantitative estimate of drug-likeness (QED) is 0.249. The lowest BCUT2D eigenvalue weighted by Gasteiger charge is -1.91. The fraction of sp³-hybridized carbons (Fsp3) is 0. The first-order valence-electron chi connectivity index (χ1n) is 10.9. The standard InChI is InChI=1S/2C12H10N2.C6H6/c2*1-3-7-11(8-4-1)13-14-12-9-5-2-6-10-12;1-2-4-6-5-3-1/h2*1-10H;1-6H. The number of azo groups is 2. The van der Waals surface area contributed by atoms with E-state index in [4.69, 9.17) is 0 Å². The normalized spacial score (nSPS) is 10.1. The van der Waals surface area contributed by atoms with Gasteiger partial charge in [0.1, 0.15) is 0 Å². The van der Waals surface area contributed by atoms with Gasteiger partial charge in [0.05, 0.1) is 22.7 Å². The molecule has 4 nitrogen and oxygen atoms in total. The van der Waals surface area contributed by atoms with Crippen LogP contribution in [0.5, 0.6) is 0 Å². The summed E-state index contributed by atoms with van der Waals surface area (Å²) < 4.78 is 0. The second kappa shape index (κ2) is 15.2. The molecule has 0 heterocycles. The average molecular weight is 443 g/mol. The van der Waals surface area contributed by atoms with Crippen molar-refractivity contribution in [1.29, 1.82) is 0 Å². The Morgan fingerprint density at radius 3 is 0.529 bits per heavy atom. The molecule has 166 valence electrons. The third kappa shape index (κ3) is 10.1. The number of benzene rings is 5. The van der Waals surface area contributed by atoms with Crippen molar-refractivity contribution in [2.24, 2.45) is 20.5 Å². The van der Waals surface area contributed by atoms with Crippen molar-refractivity contribution in [3.63, 3.8) is 0 Å². The zero-order valence-electron chi connectivity index (χ0n) is 18.8. The summed E-state index contributed by atoms with van der Waals surface area (Å²) in [5.74, 6) is 0. The molecule has 4 heteroatoms. The van der Waals surface area contributed by atoms with Gasteiger partial charge < -0.3 is 0 Å². The van der Waals surface area contributed by atoms with Crippen LogP contribution in [0.3, 0.4) is 0 Å². The summed E-state index contributed by atoms with van der Waals surface area (Å²) in [5.41, 5.74) is 3.49. The van der Waals surface area contributed by atoms with E-state index in [-0.39, 0.29) is 0 Å². The lowest BCUT2D eigenvalue weighted by molar-refractivity contribution is 1.23. The van der Waals surface area contributed by atoms with Crippen molar-refractivity contribution >= 4 is 22.7 Å². The molecule has 0 aliphatic carbocycles. The molecule has 0 aliphatic rings. The van der Waals surface area contributed by atoms with Gasteiger partial charge in [-0.1, -0.05) is 109 Å². The Bertz CT molecular complexity index is 1010. The van der Waals surface area contributed by atoms with Crippen LogP contribution in [0.2, 0.25) is 0 Å². The Labute approximate surface area is 201 Å². The number of hydrogen-bond donors (Lipinski definition) is 0. The maximum absolute atomic E-state index is 4.10. The molecule has 5 rings (SSSR count). The summed E-state index contributed by atoms with van der Waals surface area (Å²) in [5, 5.41) is 16.4. The van der Waals surface area contributed by atoms with Gasteiger partial charge in [-0.25, -0.2) is 0 Å². The van der Waals surface area contributed by atoms with E-state index >= 15 is 0 Å². The SMILES string of the molecule is c1ccc(N=Nc2ccccc2)cc1.c1ccc(N=Nc2ccccc2)cc1.c1ccccc1. The molecule has 5 aromatic carbocycles. The lowest BCUT2D eigenvalue weighted by atomic mass is 10.3. The number of hydrogen-bond acceptors (Lipinski definition) is 4. The summed E-state index contributed by atoms with van der Waals surface area (Å²) in [6.07, 6.45) is 0. The van der Waals surface area contributed by atoms with E-state index in [1.807, 2.05) is 158 Å². The molecule has 0 unspecified atom stereocenters. The molecule has 0 aliphatic heterocycles. The van der Waals surface area contributed by atoms with E-state index in [9.17, 15) is 0 Å². The molecule has 34 heavy (non-hydrogen) atoms. The zero-order valence-corrected chi connectivity index (χ0v) is 18.8. The highest BCUT2D eigenvalue weighted by molar-refractivity contribution is 5.40. The summed E-state index contributed by atoms with van der Waals surface area (Å²) in [4.78, 5) is 0. The van der Waals surface area contributed by atoms with Crippen LogP contribution in [0.4, 0.5) is 22.7 Å². The maximum Gasteiger partial charge on any atom is 0.0857 e. The first-order chi connectivity index (χ1) is 16.9. The smallest absolute Gasteiger partial charge is 0.0857 e. The molecule has 0 bridgehead atoms. The Kier molecular flexibility index (Phi) is 10.7. The summed E-state index contributed by atoms with van der Waals surface area (Å²) in [6, 6.07) is 50.8. The third-order valence-corrected chi connectivity index (χ3v) is 4.25. The largest absolute Gasteiger partial charge is 0.151 e. The van der Waals surface area contributed by atoms with Gasteiger partial charge in [0.25, 0.3) is 0 Å². The molecular weight excluding hydrogens is 416 g/mol. The van der Waals surface area contributed by atoms with E-state index in [2.05, 4.69) is 20.5 Å². The zero-order chi connectivity index (χ0) is 23.5. The molecule has 0 fully saturated rings. The molecule has 0 N–H and O–H groups in total. The molecule has 0 saturated heterocycles. The van der Waals surface area contributed by atoms with Crippen molar-refractivity contribution < 1.29 is 0 Å². The Morgan fingerprint density at radius 2 is 0.353 bits per heavy atom. The predicted molar refractivity (Wildman–Crippen MR) is 141 cm³/mol. The average Bonchev–Trinajstić information content (AvgIpc) is 2.95. The molecule has 0 saturated carbocycles. The number of rotatable bonds is 4. The molecule has 0 aromatic heterocycles. The van der Waals surface area contributed by atoms with Crippen molar-refractivity contribution in [1.82, 2.24) is 0 Å². The van der Waals surface area contributed by atoms with E-state index in [0.29, 0.717) is 0 Å². The van der Waals surface area contributed by atoms with Gasteiger partial charge in [-0.2, -0.15) is 20.5 Å². The minimum absolute atomic E-state index is 0.872. The molecule has 0 spiro atoms. The molecular formula is C30H26N4. The summed E-state index contributed by atoms with van der Waals surface area (Å²) >= 11 is 0. The Hall–Kier alpha value is -4.70. The van der Waals surface area contributed by atoms with Gasteiger partial charge in [-0.05, 0) is 48.5 Å². The van der Waals surface area contributed by atoms with Crippen LogP contribution < -0.4 is 0 Å². The van der Waals surface area contributed by atoms with E-state index in [0.717, 1.165) is 22.7 Å². The van der Waals surface area contributed by atoms with Crippen LogP contribution in [0, 0.1) is 0 Å².